The summed E-state index contributed by atoms with van der Waals surface area (Å²) in [6.07, 6.45) is 0. The molecule has 1 heterocycles. The lowest BCUT2D eigenvalue weighted by atomic mass is 10.1. The Balaban J connectivity index is 1.50. The van der Waals surface area contributed by atoms with Gasteiger partial charge in [-0.2, -0.15) is 0 Å². The smallest absolute Gasteiger partial charge is 0.253 e. The van der Waals surface area contributed by atoms with Crippen LogP contribution in [0.3, 0.4) is 0 Å². The minimum atomic E-state index is 0.130. The highest BCUT2D eigenvalue weighted by Crippen LogP contribution is 2.10. The topological polar surface area (TPSA) is 47.6 Å². The lowest BCUT2D eigenvalue weighted by molar-refractivity contribution is 0.0664. The van der Waals surface area contributed by atoms with Gasteiger partial charge in [0.1, 0.15) is 0 Å². The maximum absolute atomic E-state index is 12.5. The molecule has 0 saturated carbocycles. The number of carbonyl (C=O) groups excluding carboxylic acids is 1. The van der Waals surface area contributed by atoms with Gasteiger partial charge >= 0.3 is 0 Å². The lowest BCUT2D eigenvalue weighted by Gasteiger charge is -2.32. The molecule has 0 bridgehead atoms. The van der Waals surface area contributed by atoms with Crippen LogP contribution >= 0.6 is 0 Å². The van der Waals surface area contributed by atoms with Crippen molar-refractivity contribution in [3.05, 3.63) is 65.7 Å². The molecule has 2 aromatic rings. The summed E-state index contributed by atoms with van der Waals surface area (Å²) in [6.45, 7) is 4.19. The molecule has 1 saturated heterocycles. The SMILES string of the molecule is CN1CCN(C(=O)c2ccc(CNNc3ccccc3)cc2)CC1. The van der Waals surface area contributed by atoms with Crippen molar-refractivity contribution in [3.8, 4) is 0 Å². The van der Waals surface area contributed by atoms with Crippen molar-refractivity contribution in [2.24, 2.45) is 0 Å². The Bertz CT molecular complexity index is 649. The van der Waals surface area contributed by atoms with Crippen molar-refractivity contribution >= 4 is 11.6 Å². The van der Waals surface area contributed by atoms with Crippen LogP contribution in [0.4, 0.5) is 5.69 Å². The first-order chi connectivity index (χ1) is 11.7. The third-order valence-electron chi connectivity index (χ3n) is 4.29. The number of para-hydroxylation sites is 1. The maximum Gasteiger partial charge on any atom is 0.253 e. The van der Waals surface area contributed by atoms with Gasteiger partial charge in [0.05, 0.1) is 0 Å². The van der Waals surface area contributed by atoms with E-state index in [1.54, 1.807) is 0 Å². The zero-order chi connectivity index (χ0) is 16.8. The van der Waals surface area contributed by atoms with Crippen molar-refractivity contribution < 1.29 is 4.79 Å². The summed E-state index contributed by atoms with van der Waals surface area (Å²) in [6, 6.07) is 17.8. The fraction of sp³-hybridized carbons (Fsp3) is 0.316. The summed E-state index contributed by atoms with van der Waals surface area (Å²) < 4.78 is 0. The van der Waals surface area contributed by atoms with Crippen molar-refractivity contribution in [2.75, 3.05) is 38.7 Å². The molecular weight excluding hydrogens is 300 g/mol. The molecule has 5 nitrogen and oxygen atoms in total. The summed E-state index contributed by atoms with van der Waals surface area (Å²) >= 11 is 0. The van der Waals surface area contributed by atoms with Gasteiger partial charge in [-0.15, -0.1) is 0 Å². The molecule has 0 aromatic heterocycles. The monoisotopic (exact) mass is 324 g/mol. The summed E-state index contributed by atoms with van der Waals surface area (Å²) in [4.78, 5) is 16.7. The van der Waals surface area contributed by atoms with Crippen LogP contribution in [-0.4, -0.2) is 48.9 Å². The minimum Gasteiger partial charge on any atom is -0.336 e. The van der Waals surface area contributed by atoms with Crippen LogP contribution in [0.1, 0.15) is 15.9 Å². The van der Waals surface area contributed by atoms with Crippen LogP contribution in [0.25, 0.3) is 0 Å². The molecule has 0 radical (unpaired) electrons. The Labute approximate surface area is 143 Å². The third-order valence-corrected chi connectivity index (χ3v) is 4.29. The Kier molecular flexibility index (Phi) is 5.46. The Morgan fingerprint density at radius 3 is 2.29 bits per heavy atom. The predicted octanol–water partition coefficient (Wildman–Crippen LogP) is 2.19. The Morgan fingerprint density at radius 1 is 0.958 bits per heavy atom. The van der Waals surface area contributed by atoms with Crippen LogP contribution in [0.15, 0.2) is 54.6 Å². The van der Waals surface area contributed by atoms with Crippen molar-refractivity contribution in [1.82, 2.24) is 15.2 Å². The second-order valence-electron chi connectivity index (χ2n) is 6.14. The summed E-state index contributed by atoms with van der Waals surface area (Å²) in [5, 5.41) is 0. The molecule has 0 aliphatic carbocycles. The van der Waals surface area contributed by atoms with Gasteiger partial charge in [0.25, 0.3) is 5.91 Å². The van der Waals surface area contributed by atoms with Crippen molar-refractivity contribution in [3.63, 3.8) is 0 Å². The van der Waals surface area contributed by atoms with Gasteiger partial charge in [0.2, 0.25) is 0 Å². The first-order valence-corrected chi connectivity index (χ1v) is 8.33. The average molecular weight is 324 g/mol. The zero-order valence-corrected chi connectivity index (χ0v) is 14.0. The minimum absolute atomic E-state index is 0.130. The molecule has 1 aliphatic heterocycles. The maximum atomic E-state index is 12.5. The van der Waals surface area contributed by atoms with Crippen LogP contribution < -0.4 is 10.9 Å². The van der Waals surface area contributed by atoms with Crippen LogP contribution in [0.2, 0.25) is 0 Å². The molecule has 5 heteroatoms. The number of nitrogens with zero attached hydrogens (tertiary/aromatic N) is 2. The van der Waals surface area contributed by atoms with Crippen LogP contribution in [-0.2, 0) is 6.54 Å². The van der Waals surface area contributed by atoms with E-state index in [-0.39, 0.29) is 5.91 Å². The van der Waals surface area contributed by atoms with E-state index in [4.69, 9.17) is 0 Å². The van der Waals surface area contributed by atoms with Gasteiger partial charge in [0, 0.05) is 44.0 Å². The molecule has 1 fully saturated rings. The number of benzene rings is 2. The van der Waals surface area contributed by atoms with E-state index in [9.17, 15) is 4.79 Å². The van der Waals surface area contributed by atoms with Gasteiger partial charge in [-0.25, -0.2) is 5.43 Å². The first-order valence-electron chi connectivity index (χ1n) is 8.33. The van der Waals surface area contributed by atoms with E-state index in [1.165, 1.54) is 0 Å². The zero-order valence-electron chi connectivity index (χ0n) is 14.0. The number of likely N-dealkylation sites (N-methyl/N-ethyl adjacent to an activating group) is 1. The third kappa shape index (κ3) is 4.34. The lowest BCUT2D eigenvalue weighted by Crippen LogP contribution is -2.47. The number of hydrogen-bond acceptors (Lipinski definition) is 4. The normalized spacial score (nSPS) is 15.3. The molecule has 1 aliphatic rings. The van der Waals surface area contributed by atoms with E-state index in [0.717, 1.165) is 43.0 Å². The fourth-order valence-electron chi connectivity index (χ4n) is 2.73. The van der Waals surface area contributed by atoms with Crippen molar-refractivity contribution in [1.29, 1.82) is 0 Å². The van der Waals surface area contributed by atoms with E-state index in [2.05, 4.69) is 22.8 Å². The molecule has 0 unspecified atom stereocenters. The molecule has 0 spiro atoms. The van der Waals surface area contributed by atoms with Gasteiger partial charge in [-0.3, -0.25) is 4.79 Å². The number of amides is 1. The summed E-state index contributed by atoms with van der Waals surface area (Å²) in [7, 11) is 2.09. The van der Waals surface area contributed by atoms with Crippen LogP contribution in [0, 0.1) is 0 Å². The average Bonchev–Trinajstić information content (AvgIpc) is 2.63. The summed E-state index contributed by atoms with van der Waals surface area (Å²) in [5.41, 5.74) is 9.26. The van der Waals surface area contributed by atoms with Crippen LogP contribution in [0.5, 0.6) is 0 Å². The number of hydrazine groups is 1. The standard InChI is InChI=1S/C19H24N4O/c1-22-11-13-23(14-12-22)19(24)17-9-7-16(8-10-17)15-20-21-18-5-3-2-4-6-18/h2-10,20-21H,11-15H2,1H3. The molecule has 24 heavy (non-hydrogen) atoms. The van der Waals surface area contributed by atoms with Gasteiger partial charge in [0.15, 0.2) is 0 Å². The molecule has 3 rings (SSSR count). The predicted molar refractivity (Wildman–Crippen MR) is 96.7 cm³/mol. The van der Waals surface area contributed by atoms with E-state index in [1.807, 2.05) is 59.5 Å². The highest BCUT2D eigenvalue weighted by Gasteiger charge is 2.19. The van der Waals surface area contributed by atoms with Gasteiger partial charge < -0.3 is 15.2 Å². The molecular formula is C19H24N4O. The van der Waals surface area contributed by atoms with Gasteiger partial charge in [-0.1, -0.05) is 30.3 Å². The quantitative estimate of drug-likeness (QED) is 0.828. The summed E-state index contributed by atoms with van der Waals surface area (Å²) in [5.74, 6) is 0.130. The Hall–Kier alpha value is -2.37. The molecule has 1 amide bonds. The molecule has 2 N–H and O–H groups in total. The number of anilines is 1. The number of carbonyl (C=O) groups is 1. The van der Waals surface area contributed by atoms with E-state index >= 15 is 0 Å². The number of hydrogen-bond donors (Lipinski definition) is 2. The second-order valence-corrected chi connectivity index (χ2v) is 6.14. The molecule has 0 atom stereocenters. The highest BCUT2D eigenvalue weighted by molar-refractivity contribution is 5.94. The van der Waals surface area contributed by atoms with Gasteiger partial charge in [-0.05, 0) is 36.9 Å². The number of piperazine rings is 1. The van der Waals surface area contributed by atoms with E-state index in [0.29, 0.717) is 6.54 Å². The highest BCUT2D eigenvalue weighted by atomic mass is 16.2. The number of rotatable bonds is 5. The Morgan fingerprint density at radius 2 is 1.62 bits per heavy atom. The fourth-order valence-corrected chi connectivity index (χ4v) is 2.73. The largest absolute Gasteiger partial charge is 0.336 e. The second kappa shape index (κ2) is 7.95. The number of nitrogens with one attached hydrogen (secondary N) is 2. The van der Waals surface area contributed by atoms with Crippen molar-refractivity contribution in [2.45, 2.75) is 6.54 Å². The first kappa shape index (κ1) is 16.5. The molecule has 126 valence electrons. The van der Waals surface area contributed by atoms with E-state index < -0.39 is 0 Å². The molecule has 2 aromatic carbocycles.